The van der Waals surface area contributed by atoms with Crippen molar-refractivity contribution < 1.29 is 24.4 Å². The Kier molecular flexibility index (Phi) is 7.51. The highest BCUT2D eigenvalue weighted by Gasteiger charge is 2.39. The van der Waals surface area contributed by atoms with Gasteiger partial charge in [0.2, 0.25) is 18.2 Å². The van der Waals surface area contributed by atoms with Crippen molar-refractivity contribution in [1.29, 1.82) is 0 Å². The van der Waals surface area contributed by atoms with E-state index in [0.29, 0.717) is 36.8 Å². The molecule has 1 saturated carbocycles. The lowest BCUT2D eigenvalue weighted by atomic mass is 9.91. The van der Waals surface area contributed by atoms with Crippen LogP contribution in [0.25, 0.3) is 0 Å². The lowest BCUT2D eigenvalue weighted by molar-refractivity contribution is -0.158. The highest BCUT2D eigenvalue weighted by Crippen LogP contribution is 2.32. The molecular formula is C21H28N4O5. The summed E-state index contributed by atoms with van der Waals surface area (Å²) < 4.78 is 0. The molecule has 0 aromatic carbocycles. The molecule has 1 aliphatic carbocycles. The number of carbonyl (C=O) groups excluding carboxylic acids is 4. The lowest BCUT2D eigenvalue weighted by Gasteiger charge is -2.30. The molecule has 0 bridgehead atoms. The third-order valence-corrected chi connectivity index (χ3v) is 5.97. The van der Waals surface area contributed by atoms with Gasteiger partial charge in [-0.15, -0.1) is 0 Å². The van der Waals surface area contributed by atoms with Crippen LogP contribution in [0.1, 0.15) is 55.3 Å². The molecule has 30 heavy (non-hydrogen) atoms. The third-order valence-electron chi connectivity index (χ3n) is 5.97. The number of hydrogen-bond acceptors (Lipinski definition) is 6. The first kappa shape index (κ1) is 21.9. The molecule has 2 fully saturated rings. The van der Waals surface area contributed by atoms with E-state index >= 15 is 0 Å². The molecule has 0 spiro atoms. The van der Waals surface area contributed by atoms with Crippen LogP contribution in [0, 0.1) is 11.8 Å². The second-order valence-corrected chi connectivity index (χ2v) is 8.06. The molecule has 1 aromatic heterocycles. The van der Waals surface area contributed by atoms with Gasteiger partial charge < -0.3 is 4.90 Å². The molecule has 3 rings (SSSR count). The quantitative estimate of drug-likeness (QED) is 0.286. The van der Waals surface area contributed by atoms with Crippen LogP contribution < -0.4 is 5.32 Å². The number of rotatable bonds is 8. The highest BCUT2D eigenvalue weighted by molar-refractivity contribution is 6.06. The molecule has 1 aromatic rings. The molecule has 1 saturated heterocycles. The van der Waals surface area contributed by atoms with Crippen molar-refractivity contribution in [2.24, 2.45) is 11.8 Å². The Bertz CT molecular complexity index is 766. The Hall–Kier alpha value is -2.81. The van der Waals surface area contributed by atoms with E-state index < -0.39 is 23.8 Å². The predicted molar refractivity (Wildman–Crippen MR) is 106 cm³/mol. The standard InChI is InChI=1S/C21H28N4O5/c26-14-24(30)13-17(11-15-5-1-2-6-15)21(29)25-10-4-8-18(25)20(28)23-19(27)16-7-3-9-22-12-16/h3,7,9,12,14-15,17-18,30H,1-2,4-6,8,10-11,13H2,(H,23,27,28)/t17-,18+/m1/s1. The lowest BCUT2D eigenvalue weighted by Crippen LogP contribution is -2.50. The Morgan fingerprint density at radius 1 is 1.27 bits per heavy atom. The summed E-state index contributed by atoms with van der Waals surface area (Å²) in [5, 5.41) is 12.5. The van der Waals surface area contributed by atoms with E-state index in [4.69, 9.17) is 0 Å². The maximum atomic E-state index is 13.3. The van der Waals surface area contributed by atoms with E-state index in [1.165, 1.54) is 17.3 Å². The average molecular weight is 416 g/mol. The van der Waals surface area contributed by atoms with Gasteiger partial charge in [0, 0.05) is 18.9 Å². The topological polar surface area (TPSA) is 120 Å². The van der Waals surface area contributed by atoms with Gasteiger partial charge in [-0.2, -0.15) is 0 Å². The van der Waals surface area contributed by atoms with Crippen LogP contribution in [0.2, 0.25) is 0 Å². The van der Waals surface area contributed by atoms with Gasteiger partial charge in [-0.1, -0.05) is 25.7 Å². The highest BCUT2D eigenvalue weighted by atomic mass is 16.5. The number of hydroxylamine groups is 2. The van der Waals surface area contributed by atoms with Crippen LogP contribution in [0.15, 0.2) is 24.5 Å². The Balaban J connectivity index is 1.67. The monoisotopic (exact) mass is 416 g/mol. The van der Waals surface area contributed by atoms with E-state index in [1.807, 2.05) is 0 Å². The minimum Gasteiger partial charge on any atom is -0.330 e. The largest absolute Gasteiger partial charge is 0.330 e. The number of nitrogens with zero attached hydrogens (tertiary/aromatic N) is 3. The summed E-state index contributed by atoms with van der Waals surface area (Å²) in [6.45, 7) is 0.309. The van der Waals surface area contributed by atoms with E-state index in [-0.39, 0.29) is 24.4 Å². The van der Waals surface area contributed by atoms with E-state index in [9.17, 15) is 24.4 Å². The molecule has 2 atom stereocenters. The van der Waals surface area contributed by atoms with Crippen molar-refractivity contribution in [2.45, 2.75) is 51.0 Å². The van der Waals surface area contributed by atoms with Crippen LogP contribution in [-0.4, -0.2) is 63.4 Å². The summed E-state index contributed by atoms with van der Waals surface area (Å²) in [5.41, 5.74) is 0.266. The second kappa shape index (κ2) is 10.3. The van der Waals surface area contributed by atoms with Crippen molar-refractivity contribution in [1.82, 2.24) is 20.3 Å². The van der Waals surface area contributed by atoms with Crippen molar-refractivity contribution >= 4 is 24.1 Å². The summed E-state index contributed by atoms with van der Waals surface area (Å²) in [6, 6.07) is 2.42. The maximum absolute atomic E-state index is 13.3. The minimum absolute atomic E-state index is 0.0989. The molecular weight excluding hydrogens is 388 g/mol. The van der Waals surface area contributed by atoms with Gasteiger partial charge in [0.25, 0.3) is 5.91 Å². The first-order chi connectivity index (χ1) is 14.5. The van der Waals surface area contributed by atoms with Crippen LogP contribution >= 0.6 is 0 Å². The Labute approximate surface area is 175 Å². The number of likely N-dealkylation sites (tertiary alicyclic amines) is 1. The summed E-state index contributed by atoms with van der Waals surface area (Å²) in [5.74, 6) is -1.54. The molecule has 162 valence electrons. The summed E-state index contributed by atoms with van der Waals surface area (Å²) in [7, 11) is 0. The summed E-state index contributed by atoms with van der Waals surface area (Å²) in [6.07, 6.45) is 9.17. The summed E-state index contributed by atoms with van der Waals surface area (Å²) >= 11 is 0. The molecule has 2 aliphatic rings. The number of nitrogens with one attached hydrogen (secondary N) is 1. The van der Waals surface area contributed by atoms with Gasteiger partial charge >= 0.3 is 0 Å². The fourth-order valence-electron chi connectivity index (χ4n) is 4.47. The van der Waals surface area contributed by atoms with E-state index in [1.54, 1.807) is 12.1 Å². The molecule has 4 amide bonds. The summed E-state index contributed by atoms with van der Waals surface area (Å²) in [4.78, 5) is 54.5. The van der Waals surface area contributed by atoms with Crippen molar-refractivity contribution in [3.8, 4) is 0 Å². The zero-order chi connectivity index (χ0) is 21.5. The first-order valence-electron chi connectivity index (χ1n) is 10.5. The molecule has 9 heteroatoms. The third kappa shape index (κ3) is 5.41. The van der Waals surface area contributed by atoms with E-state index in [0.717, 1.165) is 25.7 Å². The average Bonchev–Trinajstić information content (AvgIpc) is 3.45. The Morgan fingerprint density at radius 3 is 2.70 bits per heavy atom. The van der Waals surface area contributed by atoms with Gasteiger partial charge in [-0.3, -0.25) is 34.7 Å². The normalized spacial score (nSPS) is 20.0. The smallest absolute Gasteiger partial charge is 0.259 e. The number of pyridine rings is 1. The van der Waals surface area contributed by atoms with Crippen molar-refractivity contribution in [3.05, 3.63) is 30.1 Å². The molecule has 1 aliphatic heterocycles. The van der Waals surface area contributed by atoms with Gasteiger partial charge in [-0.25, -0.2) is 5.06 Å². The fourth-order valence-corrected chi connectivity index (χ4v) is 4.47. The molecule has 2 N–H and O–H groups in total. The SMILES string of the molecule is O=CN(O)C[C@@H](CC1CCCC1)C(=O)N1CCC[C@H]1C(=O)NC(=O)c1cccnc1. The zero-order valence-electron chi connectivity index (χ0n) is 16.9. The number of hydrogen-bond donors (Lipinski definition) is 2. The molecule has 2 heterocycles. The van der Waals surface area contributed by atoms with Crippen molar-refractivity contribution in [3.63, 3.8) is 0 Å². The van der Waals surface area contributed by atoms with Crippen molar-refractivity contribution in [2.75, 3.05) is 13.1 Å². The molecule has 0 unspecified atom stereocenters. The number of amides is 4. The van der Waals surface area contributed by atoms with Gasteiger partial charge in [0.15, 0.2) is 0 Å². The van der Waals surface area contributed by atoms with Crippen LogP contribution in [-0.2, 0) is 14.4 Å². The van der Waals surface area contributed by atoms with Crippen LogP contribution in [0.3, 0.4) is 0 Å². The number of imide groups is 1. The Morgan fingerprint density at radius 2 is 2.03 bits per heavy atom. The number of aromatic nitrogens is 1. The fraction of sp³-hybridized carbons (Fsp3) is 0.571. The van der Waals surface area contributed by atoms with Crippen LogP contribution in [0.4, 0.5) is 0 Å². The van der Waals surface area contributed by atoms with Crippen LogP contribution in [0.5, 0.6) is 0 Å². The first-order valence-corrected chi connectivity index (χ1v) is 10.5. The molecule has 0 radical (unpaired) electrons. The zero-order valence-corrected chi connectivity index (χ0v) is 16.9. The van der Waals surface area contributed by atoms with Gasteiger partial charge in [0.1, 0.15) is 6.04 Å². The van der Waals surface area contributed by atoms with Gasteiger partial charge in [-0.05, 0) is 37.3 Å². The number of carbonyl (C=O) groups is 4. The molecule has 9 nitrogen and oxygen atoms in total. The van der Waals surface area contributed by atoms with E-state index in [2.05, 4.69) is 10.3 Å². The second-order valence-electron chi connectivity index (χ2n) is 8.06. The maximum Gasteiger partial charge on any atom is 0.259 e. The van der Waals surface area contributed by atoms with Gasteiger partial charge in [0.05, 0.1) is 18.0 Å². The predicted octanol–water partition coefficient (Wildman–Crippen LogP) is 1.37. The minimum atomic E-state index is -0.743.